The highest BCUT2D eigenvalue weighted by Crippen LogP contribution is 2.23. The van der Waals surface area contributed by atoms with E-state index in [1.165, 1.54) is 29.5 Å². The summed E-state index contributed by atoms with van der Waals surface area (Å²) in [5.41, 5.74) is 5.07. The standard InChI is InChI=1S/C23H21NO/c1-16-21(15-19-8-3-5-12-22(19)24-16)23(25)14-13-18-10-6-9-17-7-2-4-11-20(17)18/h2,4,6-7,9-11,13-15H,3,5,8,12H2,1H3. The van der Waals surface area contributed by atoms with Crippen LogP contribution in [0.3, 0.4) is 0 Å². The third-order valence-corrected chi connectivity index (χ3v) is 4.99. The molecule has 25 heavy (non-hydrogen) atoms. The summed E-state index contributed by atoms with van der Waals surface area (Å²) in [5, 5.41) is 2.35. The Kier molecular flexibility index (Phi) is 4.19. The lowest BCUT2D eigenvalue weighted by Crippen LogP contribution is -2.10. The van der Waals surface area contributed by atoms with Crippen LogP contribution in [0.15, 0.2) is 54.6 Å². The Hall–Kier alpha value is -2.74. The van der Waals surface area contributed by atoms with Crippen LogP contribution in [0.4, 0.5) is 0 Å². The van der Waals surface area contributed by atoms with E-state index in [1.807, 2.05) is 37.3 Å². The van der Waals surface area contributed by atoms with Crippen molar-refractivity contribution in [3.8, 4) is 0 Å². The summed E-state index contributed by atoms with van der Waals surface area (Å²) < 4.78 is 0. The number of pyridine rings is 1. The number of aryl methyl sites for hydroxylation is 3. The summed E-state index contributed by atoms with van der Waals surface area (Å²) in [6.07, 6.45) is 8.07. The minimum absolute atomic E-state index is 0.0336. The number of hydrogen-bond acceptors (Lipinski definition) is 2. The number of benzene rings is 2. The van der Waals surface area contributed by atoms with E-state index in [0.717, 1.165) is 35.0 Å². The van der Waals surface area contributed by atoms with Crippen molar-refractivity contribution >= 4 is 22.6 Å². The number of ketones is 1. The van der Waals surface area contributed by atoms with Gasteiger partial charge in [-0.25, -0.2) is 0 Å². The fraction of sp³-hybridized carbons (Fsp3) is 0.217. The summed E-state index contributed by atoms with van der Waals surface area (Å²) in [6, 6.07) is 16.5. The van der Waals surface area contributed by atoms with E-state index in [-0.39, 0.29) is 5.78 Å². The van der Waals surface area contributed by atoms with E-state index in [4.69, 9.17) is 0 Å². The molecule has 0 fully saturated rings. The Labute approximate surface area is 148 Å². The SMILES string of the molecule is Cc1nc2c(cc1C(=O)C=Cc1cccc3ccccc13)CCCC2. The zero-order valence-corrected chi connectivity index (χ0v) is 14.5. The van der Waals surface area contributed by atoms with E-state index in [1.54, 1.807) is 6.08 Å². The number of carbonyl (C=O) groups excluding carboxylic acids is 1. The van der Waals surface area contributed by atoms with Crippen LogP contribution in [-0.4, -0.2) is 10.8 Å². The molecule has 1 aliphatic carbocycles. The quantitative estimate of drug-likeness (QED) is 0.481. The van der Waals surface area contributed by atoms with Crippen molar-refractivity contribution in [1.29, 1.82) is 0 Å². The summed E-state index contributed by atoms with van der Waals surface area (Å²) in [6.45, 7) is 1.94. The third kappa shape index (κ3) is 3.12. The van der Waals surface area contributed by atoms with Crippen molar-refractivity contribution in [3.63, 3.8) is 0 Å². The highest BCUT2D eigenvalue weighted by atomic mass is 16.1. The molecule has 0 unspecified atom stereocenters. The molecule has 124 valence electrons. The Morgan fingerprint density at radius 3 is 2.76 bits per heavy atom. The second-order valence-corrected chi connectivity index (χ2v) is 6.70. The van der Waals surface area contributed by atoms with E-state index < -0.39 is 0 Å². The number of fused-ring (bicyclic) bond motifs is 2. The summed E-state index contributed by atoms with van der Waals surface area (Å²) in [5.74, 6) is 0.0336. The molecule has 1 aliphatic rings. The van der Waals surface area contributed by atoms with Crippen molar-refractivity contribution in [2.75, 3.05) is 0 Å². The molecule has 1 aromatic heterocycles. The molecule has 0 aliphatic heterocycles. The molecule has 0 N–H and O–H groups in total. The Balaban J connectivity index is 1.66. The smallest absolute Gasteiger partial charge is 0.187 e. The second-order valence-electron chi connectivity index (χ2n) is 6.70. The highest BCUT2D eigenvalue weighted by molar-refractivity contribution is 6.08. The molecule has 2 aromatic carbocycles. The normalized spacial score (nSPS) is 14.0. The molecule has 3 aromatic rings. The van der Waals surface area contributed by atoms with Crippen molar-refractivity contribution in [3.05, 3.63) is 82.7 Å². The predicted octanol–water partition coefficient (Wildman–Crippen LogP) is 5.32. The number of rotatable bonds is 3. The fourth-order valence-electron chi connectivity index (χ4n) is 3.64. The summed E-state index contributed by atoms with van der Waals surface area (Å²) in [7, 11) is 0. The molecule has 0 atom stereocenters. The number of aromatic nitrogens is 1. The monoisotopic (exact) mass is 327 g/mol. The van der Waals surface area contributed by atoms with Crippen molar-refractivity contribution < 1.29 is 4.79 Å². The van der Waals surface area contributed by atoms with Gasteiger partial charge in [-0.2, -0.15) is 0 Å². The van der Waals surface area contributed by atoms with Crippen LogP contribution >= 0.6 is 0 Å². The van der Waals surface area contributed by atoms with Gasteiger partial charge in [-0.3, -0.25) is 9.78 Å². The predicted molar refractivity (Wildman–Crippen MR) is 103 cm³/mol. The average molecular weight is 327 g/mol. The second kappa shape index (κ2) is 6.64. The minimum atomic E-state index is 0.0336. The van der Waals surface area contributed by atoms with E-state index in [9.17, 15) is 4.79 Å². The highest BCUT2D eigenvalue weighted by Gasteiger charge is 2.16. The Bertz CT molecular complexity index is 979. The molecule has 2 nitrogen and oxygen atoms in total. The van der Waals surface area contributed by atoms with Gasteiger partial charge in [-0.1, -0.05) is 48.5 Å². The van der Waals surface area contributed by atoms with Crippen LogP contribution in [0.5, 0.6) is 0 Å². The first-order valence-electron chi connectivity index (χ1n) is 8.92. The van der Waals surface area contributed by atoms with Crippen molar-refractivity contribution in [2.45, 2.75) is 32.6 Å². The van der Waals surface area contributed by atoms with Gasteiger partial charge in [0, 0.05) is 17.0 Å². The van der Waals surface area contributed by atoms with Gasteiger partial charge in [0.25, 0.3) is 0 Å². The van der Waals surface area contributed by atoms with Crippen molar-refractivity contribution in [2.24, 2.45) is 0 Å². The maximum Gasteiger partial charge on any atom is 0.187 e. The number of hydrogen-bond donors (Lipinski definition) is 0. The van der Waals surface area contributed by atoms with Crippen LogP contribution < -0.4 is 0 Å². The van der Waals surface area contributed by atoms with E-state index >= 15 is 0 Å². The Morgan fingerprint density at radius 1 is 1.04 bits per heavy atom. The number of nitrogens with zero attached hydrogens (tertiary/aromatic N) is 1. The molecular weight excluding hydrogens is 306 g/mol. The molecule has 0 bridgehead atoms. The van der Waals surface area contributed by atoms with Crippen LogP contribution in [-0.2, 0) is 12.8 Å². The first-order chi connectivity index (χ1) is 12.2. The molecule has 0 radical (unpaired) electrons. The molecule has 2 heteroatoms. The van der Waals surface area contributed by atoms with E-state index in [0.29, 0.717) is 0 Å². The Morgan fingerprint density at radius 2 is 1.84 bits per heavy atom. The van der Waals surface area contributed by atoms with Crippen LogP contribution in [0.1, 0.15) is 45.7 Å². The van der Waals surface area contributed by atoms with Gasteiger partial charge in [0.15, 0.2) is 5.78 Å². The zero-order valence-electron chi connectivity index (χ0n) is 14.5. The summed E-state index contributed by atoms with van der Waals surface area (Å²) in [4.78, 5) is 17.4. The van der Waals surface area contributed by atoms with Gasteiger partial charge in [-0.05, 0) is 66.6 Å². The number of carbonyl (C=O) groups is 1. The van der Waals surface area contributed by atoms with Gasteiger partial charge < -0.3 is 0 Å². The van der Waals surface area contributed by atoms with Crippen LogP contribution in [0, 0.1) is 6.92 Å². The first-order valence-corrected chi connectivity index (χ1v) is 8.92. The maximum absolute atomic E-state index is 12.7. The molecular formula is C23H21NO. The fourth-order valence-corrected chi connectivity index (χ4v) is 3.64. The lowest BCUT2D eigenvalue weighted by molar-refractivity contribution is 0.104. The van der Waals surface area contributed by atoms with Gasteiger partial charge in [0.05, 0.1) is 0 Å². The van der Waals surface area contributed by atoms with Crippen LogP contribution in [0.2, 0.25) is 0 Å². The zero-order chi connectivity index (χ0) is 17.2. The van der Waals surface area contributed by atoms with Gasteiger partial charge in [0.2, 0.25) is 0 Å². The molecule has 0 saturated heterocycles. The first kappa shape index (κ1) is 15.8. The van der Waals surface area contributed by atoms with Gasteiger partial charge >= 0.3 is 0 Å². The maximum atomic E-state index is 12.7. The minimum Gasteiger partial charge on any atom is -0.289 e. The van der Waals surface area contributed by atoms with Crippen molar-refractivity contribution in [1.82, 2.24) is 4.98 Å². The molecule has 0 saturated carbocycles. The third-order valence-electron chi connectivity index (χ3n) is 4.99. The number of allylic oxidation sites excluding steroid dienone is 1. The van der Waals surface area contributed by atoms with Crippen LogP contribution in [0.25, 0.3) is 16.8 Å². The molecule has 0 amide bonds. The topological polar surface area (TPSA) is 30.0 Å². The lowest BCUT2D eigenvalue weighted by atomic mass is 9.93. The molecule has 1 heterocycles. The summed E-state index contributed by atoms with van der Waals surface area (Å²) >= 11 is 0. The largest absolute Gasteiger partial charge is 0.289 e. The molecule has 4 rings (SSSR count). The lowest BCUT2D eigenvalue weighted by Gasteiger charge is -2.16. The average Bonchev–Trinajstić information content (AvgIpc) is 2.65. The molecule has 0 spiro atoms. The van der Waals surface area contributed by atoms with Gasteiger partial charge in [0.1, 0.15) is 0 Å². The van der Waals surface area contributed by atoms with Gasteiger partial charge in [-0.15, -0.1) is 0 Å². The van der Waals surface area contributed by atoms with E-state index in [2.05, 4.69) is 29.2 Å².